The van der Waals surface area contributed by atoms with Crippen LogP contribution in [-0.4, -0.2) is 39.0 Å². The quantitative estimate of drug-likeness (QED) is 0.773. The Morgan fingerprint density at radius 2 is 2.00 bits per heavy atom. The average Bonchev–Trinajstić information content (AvgIpc) is 3.12. The molecular weight excluding hydrogens is 226 g/mol. The Morgan fingerprint density at radius 1 is 1.00 bits per heavy atom. The predicted octanol–water partition coefficient (Wildman–Crippen LogP) is 1.96. The van der Waals surface area contributed by atoms with Gasteiger partial charge in [0.1, 0.15) is 0 Å². The molecular formula is C15H25NO2. The van der Waals surface area contributed by atoms with Gasteiger partial charge in [0.25, 0.3) is 0 Å². The maximum absolute atomic E-state index is 6.20. The topological polar surface area (TPSA) is 30.5 Å². The Morgan fingerprint density at radius 3 is 2.78 bits per heavy atom. The molecule has 4 atom stereocenters. The highest BCUT2D eigenvalue weighted by molar-refractivity contribution is 5.00. The Labute approximate surface area is 110 Å². The minimum Gasteiger partial charge on any atom is -0.381 e. The van der Waals surface area contributed by atoms with Crippen LogP contribution in [0.25, 0.3) is 0 Å². The molecule has 2 spiro atoms. The van der Waals surface area contributed by atoms with Crippen molar-refractivity contribution >= 4 is 0 Å². The van der Waals surface area contributed by atoms with E-state index in [1.807, 2.05) is 0 Å². The zero-order valence-electron chi connectivity index (χ0n) is 11.2. The van der Waals surface area contributed by atoms with E-state index in [0.29, 0.717) is 16.9 Å². The second kappa shape index (κ2) is 4.19. The van der Waals surface area contributed by atoms with Gasteiger partial charge in [-0.2, -0.15) is 0 Å². The van der Waals surface area contributed by atoms with E-state index in [0.717, 1.165) is 25.7 Å². The summed E-state index contributed by atoms with van der Waals surface area (Å²) in [4.78, 5) is 0. The SMILES string of the molecule is C1CC2(CN1)COC(C1CCC3(CCOC3)C1)C2. The van der Waals surface area contributed by atoms with Crippen molar-refractivity contribution in [1.82, 2.24) is 5.32 Å². The van der Waals surface area contributed by atoms with E-state index in [9.17, 15) is 0 Å². The van der Waals surface area contributed by atoms with Crippen molar-refractivity contribution in [3.05, 3.63) is 0 Å². The third-order valence-corrected chi connectivity index (χ3v) is 6.02. The largest absolute Gasteiger partial charge is 0.381 e. The molecule has 0 aromatic rings. The van der Waals surface area contributed by atoms with Crippen LogP contribution in [0.3, 0.4) is 0 Å². The molecule has 0 amide bonds. The maximum atomic E-state index is 6.20. The molecule has 3 heteroatoms. The molecule has 1 saturated carbocycles. The first-order chi connectivity index (χ1) is 8.79. The summed E-state index contributed by atoms with van der Waals surface area (Å²) >= 11 is 0. The third-order valence-electron chi connectivity index (χ3n) is 6.02. The van der Waals surface area contributed by atoms with Crippen LogP contribution < -0.4 is 5.32 Å². The van der Waals surface area contributed by atoms with Crippen LogP contribution in [0.2, 0.25) is 0 Å². The van der Waals surface area contributed by atoms with E-state index in [1.165, 1.54) is 51.6 Å². The van der Waals surface area contributed by atoms with Gasteiger partial charge in [-0.15, -0.1) is 0 Å². The van der Waals surface area contributed by atoms with Crippen molar-refractivity contribution in [1.29, 1.82) is 0 Å². The summed E-state index contributed by atoms with van der Waals surface area (Å²) in [5.41, 5.74) is 1.03. The van der Waals surface area contributed by atoms with Gasteiger partial charge in [-0.1, -0.05) is 0 Å². The number of nitrogens with one attached hydrogen (secondary N) is 1. The molecule has 102 valence electrons. The van der Waals surface area contributed by atoms with Gasteiger partial charge in [0.2, 0.25) is 0 Å². The highest BCUT2D eigenvalue weighted by Crippen LogP contribution is 2.52. The number of ether oxygens (including phenoxy) is 2. The lowest BCUT2D eigenvalue weighted by atomic mass is 9.80. The second-order valence-corrected chi connectivity index (χ2v) is 7.29. The number of hydrogen-bond donors (Lipinski definition) is 1. The summed E-state index contributed by atoms with van der Waals surface area (Å²) in [6.45, 7) is 5.39. The Hall–Kier alpha value is -0.120. The van der Waals surface area contributed by atoms with E-state index >= 15 is 0 Å². The molecule has 4 unspecified atom stereocenters. The summed E-state index contributed by atoms with van der Waals surface area (Å²) in [6.07, 6.45) is 8.58. The summed E-state index contributed by atoms with van der Waals surface area (Å²) in [5.74, 6) is 0.812. The maximum Gasteiger partial charge on any atom is 0.0610 e. The fourth-order valence-corrected chi connectivity index (χ4v) is 4.80. The monoisotopic (exact) mass is 251 g/mol. The van der Waals surface area contributed by atoms with Crippen LogP contribution in [-0.2, 0) is 9.47 Å². The molecule has 0 radical (unpaired) electrons. The minimum absolute atomic E-state index is 0.493. The molecule has 4 rings (SSSR count). The molecule has 3 heterocycles. The van der Waals surface area contributed by atoms with E-state index < -0.39 is 0 Å². The zero-order valence-corrected chi connectivity index (χ0v) is 11.2. The average molecular weight is 251 g/mol. The van der Waals surface area contributed by atoms with Crippen molar-refractivity contribution in [3.63, 3.8) is 0 Å². The lowest BCUT2D eigenvalue weighted by molar-refractivity contribution is 0.0527. The normalized spacial score (nSPS) is 52.0. The molecule has 1 aliphatic carbocycles. The molecule has 3 aliphatic heterocycles. The second-order valence-electron chi connectivity index (χ2n) is 7.29. The van der Waals surface area contributed by atoms with Gasteiger partial charge in [-0.3, -0.25) is 0 Å². The molecule has 3 saturated heterocycles. The van der Waals surface area contributed by atoms with Gasteiger partial charge < -0.3 is 14.8 Å². The van der Waals surface area contributed by atoms with Crippen molar-refractivity contribution in [2.75, 3.05) is 32.9 Å². The molecule has 3 nitrogen and oxygen atoms in total. The smallest absolute Gasteiger partial charge is 0.0610 e. The molecule has 0 aromatic heterocycles. The summed E-state index contributed by atoms with van der Waals surface area (Å²) in [7, 11) is 0. The lowest BCUT2D eigenvalue weighted by Crippen LogP contribution is -2.26. The van der Waals surface area contributed by atoms with E-state index in [4.69, 9.17) is 9.47 Å². The predicted molar refractivity (Wildman–Crippen MR) is 69.5 cm³/mol. The standard InChI is InChI=1S/C15H25NO2/c1-2-14(4-6-17-10-14)7-12(1)13-8-15(11-18-13)3-5-16-9-15/h12-13,16H,1-11H2. The van der Waals surface area contributed by atoms with Crippen molar-refractivity contribution in [2.45, 2.75) is 44.6 Å². The van der Waals surface area contributed by atoms with Crippen LogP contribution >= 0.6 is 0 Å². The fraction of sp³-hybridized carbons (Fsp3) is 1.00. The van der Waals surface area contributed by atoms with Gasteiger partial charge in [0, 0.05) is 18.6 Å². The highest BCUT2D eigenvalue weighted by atomic mass is 16.5. The van der Waals surface area contributed by atoms with Gasteiger partial charge in [0.05, 0.1) is 19.3 Å². The zero-order chi connectivity index (χ0) is 12.1. The molecule has 4 fully saturated rings. The first kappa shape index (κ1) is 11.7. The van der Waals surface area contributed by atoms with Gasteiger partial charge in [-0.05, 0) is 56.4 Å². The van der Waals surface area contributed by atoms with Crippen LogP contribution in [0.4, 0.5) is 0 Å². The molecule has 1 N–H and O–H groups in total. The Bertz CT molecular complexity index is 286. The van der Waals surface area contributed by atoms with Crippen molar-refractivity contribution < 1.29 is 9.47 Å². The first-order valence-corrected chi connectivity index (χ1v) is 7.70. The van der Waals surface area contributed by atoms with Crippen LogP contribution in [0.5, 0.6) is 0 Å². The van der Waals surface area contributed by atoms with E-state index in [-0.39, 0.29) is 0 Å². The number of rotatable bonds is 1. The van der Waals surface area contributed by atoms with Crippen molar-refractivity contribution in [2.24, 2.45) is 16.7 Å². The van der Waals surface area contributed by atoms with E-state index in [1.54, 1.807) is 0 Å². The lowest BCUT2D eigenvalue weighted by Gasteiger charge is -2.24. The molecule has 0 bridgehead atoms. The highest BCUT2D eigenvalue weighted by Gasteiger charge is 2.49. The molecule has 4 aliphatic rings. The van der Waals surface area contributed by atoms with Crippen LogP contribution in [0, 0.1) is 16.7 Å². The fourth-order valence-electron chi connectivity index (χ4n) is 4.80. The Balaban J connectivity index is 1.40. The molecule has 0 aromatic carbocycles. The van der Waals surface area contributed by atoms with E-state index in [2.05, 4.69) is 5.32 Å². The molecule has 18 heavy (non-hydrogen) atoms. The van der Waals surface area contributed by atoms with Gasteiger partial charge in [-0.25, -0.2) is 0 Å². The summed E-state index contributed by atoms with van der Waals surface area (Å²) in [5, 5.41) is 3.51. The van der Waals surface area contributed by atoms with Crippen molar-refractivity contribution in [3.8, 4) is 0 Å². The van der Waals surface area contributed by atoms with Crippen LogP contribution in [0.1, 0.15) is 38.5 Å². The first-order valence-electron chi connectivity index (χ1n) is 7.70. The Kier molecular flexibility index (Phi) is 2.72. The van der Waals surface area contributed by atoms with Crippen LogP contribution in [0.15, 0.2) is 0 Å². The third kappa shape index (κ3) is 1.83. The van der Waals surface area contributed by atoms with Gasteiger partial charge >= 0.3 is 0 Å². The summed E-state index contributed by atoms with van der Waals surface area (Å²) in [6, 6.07) is 0. The minimum atomic E-state index is 0.493. The summed E-state index contributed by atoms with van der Waals surface area (Å²) < 4.78 is 11.8. The van der Waals surface area contributed by atoms with Gasteiger partial charge in [0.15, 0.2) is 0 Å². The number of hydrogen-bond acceptors (Lipinski definition) is 3.